The fourth-order valence-corrected chi connectivity index (χ4v) is 7.83. The van der Waals surface area contributed by atoms with E-state index in [2.05, 4.69) is 59.7 Å². The van der Waals surface area contributed by atoms with Crippen molar-refractivity contribution in [2.45, 2.75) is 69.1 Å². The maximum absolute atomic E-state index is 14.7. The van der Waals surface area contributed by atoms with Crippen molar-refractivity contribution in [3.63, 3.8) is 0 Å². The predicted octanol–water partition coefficient (Wildman–Crippen LogP) is 8.58. The molecule has 2 aliphatic rings. The SMILES string of the molecule is CC(C)(C)c1cc([C@@H]2c3ccccc3O[C@H](c3ccc(C#N)cc3)[C@]23SC(c2ccccc2)=NC3=O)cc(C(C)(C)C)c1O. The van der Waals surface area contributed by atoms with Gasteiger partial charge in [-0.2, -0.15) is 5.26 Å². The minimum absolute atomic E-state index is 0.266. The largest absolute Gasteiger partial charge is 0.507 e. The second kappa shape index (κ2) is 10.7. The van der Waals surface area contributed by atoms with Crippen LogP contribution in [0.4, 0.5) is 0 Å². The Morgan fingerprint density at radius 2 is 1.43 bits per heavy atom. The standard InChI is InChI=1S/C38H36N2O3S/c1-36(2,3)28-20-26(21-29(32(28)41)37(4,5)6)31-27-14-10-11-15-30(27)43-33(24-18-16-23(22-39)17-19-24)38(31)35(42)40-34(44-38)25-12-8-7-9-13-25/h7-21,31,33,41H,1-6H3/t31-,33-,38-/m1/s1. The highest BCUT2D eigenvalue weighted by molar-refractivity contribution is 8.16. The number of carbonyl (C=O) groups excluding carboxylic acids is 1. The van der Waals surface area contributed by atoms with Crippen molar-refractivity contribution in [3.8, 4) is 17.6 Å². The molecular weight excluding hydrogens is 564 g/mol. The Hall–Kier alpha value is -4.34. The summed E-state index contributed by atoms with van der Waals surface area (Å²) in [6.07, 6.45) is -0.706. The van der Waals surface area contributed by atoms with Crippen LogP contribution in [0, 0.1) is 11.3 Å². The lowest BCUT2D eigenvalue weighted by molar-refractivity contribution is -0.123. The van der Waals surface area contributed by atoms with Crippen LogP contribution >= 0.6 is 11.8 Å². The molecule has 0 bridgehead atoms. The minimum Gasteiger partial charge on any atom is -0.507 e. The first kappa shape index (κ1) is 29.7. The molecular formula is C38H36N2O3S. The van der Waals surface area contributed by atoms with Gasteiger partial charge in [0.1, 0.15) is 22.6 Å². The molecule has 0 unspecified atom stereocenters. The third kappa shape index (κ3) is 4.90. The summed E-state index contributed by atoms with van der Waals surface area (Å²) in [4.78, 5) is 19.4. The normalized spacial score (nSPS) is 21.4. The lowest BCUT2D eigenvalue weighted by Crippen LogP contribution is -2.49. The summed E-state index contributed by atoms with van der Waals surface area (Å²) in [6, 6.07) is 31.3. The third-order valence-corrected chi connectivity index (χ3v) is 10.0. The molecule has 5 nitrogen and oxygen atoms in total. The van der Waals surface area contributed by atoms with Crippen LogP contribution < -0.4 is 4.74 Å². The van der Waals surface area contributed by atoms with Crippen LogP contribution in [-0.4, -0.2) is 20.8 Å². The van der Waals surface area contributed by atoms with Gasteiger partial charge in [0.25, 0.3) is 5.91 Å². The van der Waals surface area contributed by atoms with Crippen molar-refractivity contribution in [2.75, 3.05) is 0 Å². The highest BCUT2D eigenvalue weighted by Crippen LogP contribution is 2.61. The number of carbonyl (C=O) groups is 1. The number of thioether (sulfide) groups is 1. The number of nitriles is 1. The molecule has 1 amide bonds. The maximum Gasteiger partial charge on any atom is 0.268 e. The molecule has 3 atom stereocenters. The van der Waals surface area contributed by atoms with E-state index < -0.39 is 16.8 Å². The number of phenolic OH excluding ortho intramolecular Hbond substituents is 1. The number of phenols is 1. The Labute approximate surface area is 263 Å². The van der Waals surface area contributed by atoms with E-state index in [1.807, 2.05) is 66.7 Å². The van der Waals surface area contributed by atoms with Crippen LogP contribution in [-0.2, 0) is 15.6 Å². The molecule has 0 aliphatic carbocycles. The second-order valence-corrected chi connectivity index (χ2v) is 14.9. The number of aliphatic imine (C=N–C) groups is 1. The Bertz CT molecular complexity index is 1790. The highest BCUT2D eigenvalue weighted by Gasteiger charge is 2.62. The average Bonchev–Trinajstić information content (AvgIpc) is 3.33. The lowest BCUT2D eigenvalue weighted by atomic mass is 9.70. The van der Waals surface area contributed by atoms with Crippen molar-refractivity contribution >= 4 is 22.7 Å². The molecule has 222 valence electrons. The monoisotopic (exact) mass is 600 g/mol. The summed E-state index contributed by atoms with van der Waals surface area (Å²) < 4.78 is 5.61. The summed E-state index contributed by atoms with van der Waals surface area (Å²) >= 11 is 1.45. The first-order valence-corrected chi connectivity index (χ1v) is 15.7. The van der Waals surface area contributed by atoms with Crippen molar-refractivity contribution in [1.82, 2.24) is 0 Å². The number of ether oxygens (including phenoxy) is 1. The zero-order valence-electron chi connectivity index (χ0n) is 25.9. The molecule has 44 heavy (non-hydrogen) atoms. The summed E-state index contributed by atoms with van der Waals surface area (Å²) in [5, 5.41) is 21.8. The Morgan fingerprint density at radius 1 is 0.841 bits per heavy atom. The molecule has 1 spiro atoms. The molecule has 4 aromatic carbocycles. The molecule has 1 N–H and O–H groups in total. The van der Waals surface area contributed by atoms with Crippen molar-refractivity contribution in [1.29, 1.82) is 5.26 Å². The zero-order chi connectivity index (χ0) is 31.4. The maximum atomic E-state index is 14.7. The van der Waals surface area contributed by atoms with E-state index in [9.17, 15) is 15.2 Å². The Kier molecular flexibility index (Phi) is 7.21. The molecule has 0 aromatic heterocycles. The van der Waals surface area contributed by atoms with Gasteiger partial charge in [-0.1, -0.05) is 126 Å². The number of hydrogen-bond donors (Lipinski definition) is 1. The molecule has 6 heteroatoms. The van der Waals surface area contributed by atoms with E-state index in [1.54, 1.807) is 12.1 Å². The first-order chi connectivity index (χ1) is 20.8. The fraction of sp³-hybridized carbons (Fsp3) is 0.289. The van der Waals surface area contributed by atoms with E-state index >= 15 is 0 Å². The van der Waals surface area contributed by atoms with Gasteiger partial charge in [0.15, 0.2) is 4.75 Å². The third-order valence-electron chi connectivity index (χ3n) is 8.54. The predicted molar refractivity (Wildman–Crippen MR) is 177 cm³/mol. The Morgan fingerprint density at radius 3 is 2.02 bits per heavy atom. The van der Waals surface area contributed by atoms with E-state index in [0.29, 0.717) is 22.1 Å². The van der Waals surface area contributed by atoms with Gasteiger partial charge in [0, 0.05) is 17.0 Å². The van der Waals surface area contributed by atoms with E-state index in [-0.39, 0.29) is 16.7 Å². The van der Waals surface area contributed by atoms with Gasteiger partial charge < -0.3 is 9.84 Å². The van der Waals surface area contributed by atoms with Crippen LogP contribution in [0.15, 0.2) is 96.0 Å². The van der Waals surface area contributed by atoms with Crippen molar-refractivity contribution in [2.24, 2.45) is 4.99 Å². The number of rotatable bonds is 3. The molecule has 2 aliphatic heterocycles. The van der Waals surface area contributed by atoms with Gasteiger partial charge in [-0.15, -0.1) is 0 Å². The van der Waals surface area contributed by atoms with Crippen LogP contribution in [0.2, 0.25) is 0 Å². The van der Waals surface area contributed by atoms with Gasteiger partial charge >= 0.3 is 0 Å². The van der Waals surface area contributed by atoms with Crippen molar-refractivity contribution < 1.29 is 14.6 Å². The van der Waals surface area contributed by atoms with Gasteiger partial charge in [-0.25, -0.2) is 4.99 Å². The van der Waals surface area contributed by atoms with Gasteiger partial charge in [-0.05, 0) is 51.3 Å². The number of fused-ring (bicyclic) bond motifs is 1. The molecule has 0 fully saturated rings. The molecule has 4 aromatic rings. The quantitative estimate of drug-likeness (QED) is 0.255. The van der Waals surface area contributed by atoms with Crippen molar-refractivity contribution in [3.05, 3.63) is 130 Å². The number of aromatic hydroxyl groups is 1. The summed E-state index contributed by atoms with van der Waals surface area (Å²) in [6.45, 7) is 12.6. The minimum atomic E-state index is -1.20. The van der Waals surface area contributed by atoms with Crippen LogP contribution in [0.5, 0.6) is 11.5 Å². The number of nitrogens with zero attached hydrogens (tertiary/aromatic N) is 2. The van der Waals surface area contributed by atoms with Gasteiger partial charge in [0.2, 0.25) is 0 Å². The Balaban J connectivity index is 1.67. The molecule has 6 rings (SSSR count). The number of amides is 1. The van der Waals surface area contributed by atoms with Crippen LogP contribution in [0.1, 0.15) is 92.5 Å². The summed E-state index contributed by atoms with van der Waals surface area (Å²) in [5.74, 6) is 0.261. The van der Waals surface area contributed by atoms with E-state index in [0.717, 1.165) is 33.4 Å². The summed E-state index contributed by atoms with van der Waals surface area (Å²) in [5.41, 5.74) is 4.96. The molecule has 0 saturated heterocycles. The highest BCUT2D eigenvalue weighted by atomic mass is 32.2. The first-order valence-electron chi connectivity index (χ1n) is 14.9. The second-order valence-electron chi connectivity index (χ2n) is 13.7. The van der Waals surface area contributed by atoms with E-state index in [4.69, 9.17) is 9.73 Å². The summed E-state index contributed by atoms with van der Waals surface area (Å²) in [7, 11) is 0. The number of hydrogen-bond acceptors (Lipinski definition) is 5. The zero-order valence-corrected chi connectivity index (χ0v) is 26.7. The van der Waals surface area contributed by atoms with Crippen LogP contribution in [0.3, 0.4) is 0 Å². The topological polar surface area (TPSA) is 82.7 Å². The smallest absolute Gasteiger partial charge is 0.268 e. The molecule has 0 saturated carbocycles. The van der Waals surface area contributed by atoms with Gasteiger partial charge in [-0.3, -0.25) is 4.79 Å². The molecule has 2 heterocycles. The number of para-hydroxylation sites is 1. The molecule has 0 radical (unpaired) electrons. The van der Waals surface area contributed by atoms with E-state index in [1.165, 1.54) is 11.8 Å². The lowest BCUT2D eigenvalue weighted by Gasteiger charge is -2.46. The average molecular weight is 601 g/mol. The van der Waals surface area contributed by atoms with Crippen LogP contribution in [0.25, 0.3) is 0 Å². The van der Waals surface area contributed by atoms with Gasteiger partial charge in [0.05, 0.1) is 11.6 Å². The fourth-order valence-electron chi connectivity index (χ4n) is 6.32. The number of benzene rings is 4.